The van der Waals surface area contributed by atoms with Crippen molar-refractivity contribution in [2.75, 3.05) is 60.7 Å². The van der Waals surface area contributed by atoms with E-state index in [9.17, 15) is 0 Å². The van der Waals surface area contributed by atoms with Crippen LogP contribution in [0.4, 0.5) is 22.9 Å². The van der Waals surface area contributed by atoms with E-state index in [1.54, 1.807) is 0 Å². The lowest BCUT2D eigenvalue weighted by Gasteiger charge is -2.37. The van der Waals surface area contributed by atoms with Gasteiger partial charge in [0.2, 0.25) is 0 Å². The summed E-state index contributed by atoms with van der Waals surface area (Å²) in [6.07, 6.45) is 0. The van der Waals surface area contributed by atoms with E-state index in [0.29, 0.717) is 5.82 Å². The number of anilines is 4. The molecule has 2 N–H and O–H groups in total. The lowest BCUT2D eigenvalue weighted by atomic mass is 10.1. The third-order valence-electron chi connectivity index (χ3n) is 5.35. The first-order chi connectivity index (χ1) is 14.0. The van der Waals surface area contributed by atoms with Gasteiger partial charge in [-0.25, -0.2) is 4.98 Å². The molecule has 1 saturated heterocycles. The summed E-state index contributed by atoms with van der Waals surface area (Å²) >= 11 is 6.37. The van der Waals surface area contributed by atoms with Crippen LogP contribution in [-0.2, 0) is 0 Å². The molecule has 30 heavy (non-hydrogen) atoms. The second-order valence-electron chi connectivity index (χ2n) is 7.50. The third kappa shape index (κ3) is 4.74. The van der Waals surface area contributed by atoms with Crippen LogP contribution in [0.2, 0.25) is 5.02 Å². The Bertz CT molecular complexity index is 983. The number of para-hydroxylation sites is 1. The van der Waals surface area contributed by atoms with Gasteiger partial charge in [-0.05, 0) is 30.3 Å². The van der Waals surface area contributed by atoms with E-state index in [4.69, 9.17) is 17.3 Å². The summed E-state index contributed by atoms with van der Waals surface area (Å²) in [5.41, 5.74) is 11.5. The fraction of sp³-hybridized carbons (Fsp3) is 0.261. The van der Waals surface area contributed by atoms with Crippen molar-refractivity contribution < 1.29 is 0 Å². The Kier molecular flexibility index (Phi) is 6.95. The molecule has 1 aliphatic rings. The van der Waals surface area contributed by atoms with Gasteiger partial charge in [-0.2, -0.15) is 0 Å². The number of nitrogen functional groups attached to an aromatic ring is 1. The molecule has 158 valence electrons. The van der Waals surface area contributed by atoms with Gasteiger partial charge in [-0.1, -0.05) is 35.9 Å². The highest BCUT2D eigenvalue weighted by atomic mass is 35.5. The zero-order valence-corrected chi connectivity index (χ0v) is 18.8. The van der Waals surface area contributed by atoms with Crippen molar-refractivity contribution in [2.45, 2.75) is 0 Å². The number of piperazine rings is 1. The van der Waals surface area contributed by atoms with Gasteiger partial charge in [0.25, 0.3) is 0 Å². The Morgan fingerprint density at radius 1 is 0.900 bits per heavy atom. The summed E-state index contributed by atoms with van der Waals surface area (Å²) in [7, 11) is 4.07. The van der Waals surface area contributed by atoms with Crippen molar-refractivity contribution in [1.29, 1.82) is 0 Å². The van der Waals surface area contributed by atoms with E-state index < -0.39 is 0 Å². The van der Waals surface area contributed by atoms with E-state index in [-0.39, 0.29) is 12.4 Å². The van der Waals surface area contributed by atoms with Crippen LogP contribution in [0.5, 0.6) is 0 Å². The summed E-state index contributed by atoms with van der Waals surface area (Å²) in [5.74, 6) is 0.544. The number of nitrogens with zero attached hydrogens (tertiary/aromatic N) is 4. The Labute approximate surface area is 189 Å². The molecule has 0 radical (unpaired) electrons. The van der Waals surface area contributed by atoms with Crippen LogP contribution in [-0.4, -0.2) is 45.3 Å². The van der Waals surface area contributed by atoms with Crippen molar-refractivity contribution in [3.63, 3.8) is 0 Å². The topological polar surface area (TPSA) is 48.6 Å². The number of nitrogens with two attached hydrogens (primary N) is 1. The minimum Gasteiger partial charge on any atom is -0.384 e. The first kappa shape index (κ1) is 22.1. The quantitative estimate of drug-likeness (QED) is 0.627. The molecule has 1 fully saturated rings. The van der Waals surface area contributed by atoms with Crippen LogP contribution in [0, 0.1) is 0 Å². The molecular weight excluding hydrogens is 417 g/mol. The Morgan fingerprint density at radius 3 is 2.17 bits per heavy atom. The number of pyridine rings is 1. The minimum atomic E-state index is 0. The van der Waals surface area contributed by atoms with E-state index in [1.807, 2.05) is 38.4 Å². The van der Waals surface area contributed by atoms with Gasteiger partial charge >= 0.3 is 0 Å². The van der Waals surface area contributed by atoms with E-state index >= 15 is 0 Å². The number of hydrogen-bond donors (Lipinski definition) is 1. The van der Waals surface area contributed by atoms with Crippen molar-refractivity contribution in [2.24, 2.45) is 0 Å². The van der Waals surface area contributed by atoms with Crippen molar-refractivity contribution in [3.05, 3.63) is 65.7 Å². The number of aromatic nitrogens is 1. The molecule has 0 amide bonds. The summed E-state index contributed by atoms with van der Waals surface area (Å²) in [5, 5.41) is 0.803. The van der Waals surface area contributed by atoms with Crippen molar-refractivity contribution in [3.8, 4) is 11.3 Å². The van der Waals surface area contributed by atoms with Gasteiger partial charge in [0.05, 0.1) is 16.4 Å². The molecule has 1 aliphatic heterocycles. The number of benzene rings is 2. The Morgan fingerprint density at radius 2 is 1.53 bits per heavy atom. The second kappa shape index (κ2) is 9.45. The van der Waals surface area contributed by atoms with Gasteiger partial charge in [-0.3, -0.25) is 0 Å². The molecule has 7 heteroatoms. The maximum Gasteiger partial charge on any atom is 0.126 e. The van der Waals surface area contributed by atoms with Gasteiger partial charge in [-0.15, -0.1) is 12.4 Å². The Balaban J connectivity index is 0.00000256. The average Bonchev–Trinajstić information content (AvgIpc) is 2.74. The standard InChI is InChI=1S/C23H26ClN5.ClH/c1-27(2)18-9-7-17(8-10-18)21-15-19(16-23(25)26-21)28-11-13-29(14-12-28)22-6-4-3-5-20(22)24;/h3-10,15-16H,11-14H2,1-2H3,(H2,25,26);1H. The van der Waals surface area contributed by atoms with E-state index in [0.717, 1.165) is 59.5 Å². The predicted octanol–water partition coefficient (Wildman–Crippen LogP) is 4.80. The van der Waals surface area contributed by atoms with Crippen LogP contribution < -0.4 is 20.4 Å². The molecule has 3 aromatic rings. The molecule has 2 aromatic carbocycles. The van der Waals surface area contributed by atoms with Crippen LogP contribution >= 0.6 is 24.0 Å². The number of rotatable bonds is 4. The molecule has 0 spiro atoms. The molecule has 0 aliphatic carbocycles. The smallest absolute Gasteiger partial charge is 0.126 e. The highest BCUT2D eigenvalue weighted by Gasteiger charge is 2.20. The fourth-order valence-corrected chi connectivity index (χ4v) is 3.97. The number of hydrogen-bond acceptors (Lipinski definition) is 5. The summed E-state index contributed by atoms with van der Waals surface area (Å²) in [6.45, 7) is 3.65. The van der Waals surface area contributed by atoms with Crippen LogP contribution in [0.3, 0.4) is 0 Å². The number of halogens is 2. The lowest BCUT2D eigenvalue weighted by molar-refractivity contribution is 0.653. The van der Waals surface area contributed by atoms with Gasteiger partial charge in [0.15, 0.2) is 0 Å². The molecule has 0 unspecified atom stereocenters. The van der Waals surface area contributed by atoms with Crippen molar-refractivity contribution >= 4 is 46.9 Å². The summed E-state index contributed by atoms with van der Waals surface area (Å²) < 4.78 is 0. The maximum absolute atomic E-state index is 6.37. The average molecular weight is 444 g/mol. The van der Waals surface area contributed by atoms with Crippen molar-refractivity contribution in [1.82, 2.24) is 4.98 Å². The summed E-state index contributed by atoms with van der Waals surface area (Å²) in [6, 6.07) is 20.5. The fourth-order valence-electron chi connectivity index (χ4n) is 3.71. The second-order valence-corrected chi connectivity index (χ2v) is 7.91. The molecule has 5 nitrogen and oxygen atoms in total. The van der Waals surface area contributed by atoms with Gasteiger partial charge in [0, 0.05) is 63.3 Å². The molecule has 0 atom stereocenters. The molecule has 4 rings (SSSR count). The van der Waals surface area contributed by atoms with Gasteiger partial charge < -0.3 is 20.4 Å². The minimum absolute atomic E-state index is 0. The largest absolute Gasteiger partial charge is 0.384 e. The van der Waals surface area contributed by atoms with E-state index in [2.05, 4.69) is 56.1 Å². The normalized spacial score (nSPS) is 13.7. The SMILES string of the molecule is CN(C)c1ccc(-c2cc(N3CCN(c4ccccc4Cl)CC3)cc(N)n2)cc1.Cl. The molecule has 0 bridgehead atoms. The van der Waals surface area contributed by atoms with Crippen LogP contribution in [0.15, 0.2) is 60.7 Å². The zero-order chi connectivity index (χ0) is 20.4. The highest BCUT2D eigenvalue weighted by molar-refractivity contribution is 6.33. The Hall–Kier alpha value is -2.63. The molecule has 1 aromatic heterocycles. The first-order valence-corrected chi connectivity index (χ1v) is 10.2. The van der Waals surface area contributed by atoms with Crippen LogP contribution in [0.25, 0.3) is 11.3 Å². The maximum atomic E-state index is 6.37. The van der Waals surface area contributed by atoms with Gasteiger partial charge in [0.1, 0.15) is 5.82 Å². The monoisotopic (exact) mass is 443 g/mol. The third-order valence-corrected chi connectivity index (χ3v) is 5.67. The summed E-state index contributed by atoms with van der Waals surface area (Å²) in [4.78, 5) is 11.3. The zero-order valence-electron chi connectivity index (χ0n) is 17.3. The molecule has 0 saturated carbocycles. The highest BCUT2D eigenvalue weighted by Crippen LogP contribution is 2.30. The molecule has 2 heterocycles. The van der Waals surface area contributed by atoms with Crippen LogP contribution in [0.1, 0.15) is 0 Å². The predicted molar refractivity (Wildman–Crippen MR) is 132 cm³/mol. The van der Waals surface area contributed by atoms with E-state index in [1.165, 1.54) is 0 Å². The first-order valence-electron chi connectivity index (χ1n) is 9.81. The molecular formula is C23H27Cl2N5. The lowest BCUT2D eigenvalue weighted by Crippen LogP contribution is -2.46.